The molecule has 2 heterocycles. The van der Waals surface area contributed by atoms with E-state index in [1.54, 1.807) is 31.4 Å². The van der Waals surface area contributed by atoms with Gasteiger partial charge in [0.05, 0.1) is 17.1 Å². The van der Waals surface area contributed by atoms with Gasteiger partial charge < -0.3 is 4.90 Å². The molecular weight excluding hydrogens is 343 g/mol. The van der Waals surface area contributed by atoms with Gasteiger partial charge in [0, 0.05) is 25.5 Å². The highest BCUT2D eigenvalue weighted by Gasteiger charge is 2.33. The minimum absolute atomic E-state index is 0.0118. The van der Waals surface area contributed by atoms with Gasteiger partial charge in [0.25, 0.3) is 5.91 Å². The van der Waals surface area contributed by atoms with E-state index in [-0.39, 0.29) is 29.3 Å². The zero-order valence-corrected chi connectivity index (χ0v) is 14.7. The molecule has 0 aliphatic carbocycles. The Bertz CT molecular complexity index is 881. The van der Waals surface area contributed by atoms with E-state index in [2.05, 4.69) is 4.98 Å². The number of sulfone groups is 1. The van der Waals surface area contributed by atoms with Crippen LogP contribution in [0.15, 0.2) is 42.7 Å². The SMILES string of the molecule is CN(C(=O)c1cncc(Cc2ccc(F)cc2)c1)[C@@H]1CCS(=O)(=O)C1. The molecule has 1 aromatic carbocycles. The van der Waals surface area contributed by atoms with E-state index in [1.165, 1.54) is 23.2 Å². The number of rotatable bonds is 4. The lowest BCUT2D eigenvalue weighted by molar-refractivity contribution is 0.0747. The molecule has 1 aromatic heterocycles. The summed E-state index contributed by atoms with van der Waals surface area (Å²) in [5, 5.41) is 0. The maximum absolute atomic E-state index is 13.0. The van der Waals surface area contributed by atoms with Crippen molar-refractivity contribution in [1.29, 1.82) is 0 Å². The number of pyridine rings is 1. The number of nitrogens with zero attached hydrogens (tertiary/aromatic N) is 2. The third-order valence-electron chi connectivity index (χ3n) is 4.44. The van der Waals surface area contributed by atoms with Crippen LogP contribution in [0, 0.1) is 5.82 Å². The number of carbonyl (C=O) groups is 1. The lowest BCUT2D eigenvalue weighted by atomic mass is 10.0. The lowest BCUT2D eigenvalue weighted by Crippen LogP contribution is -2.37. The summed E-state index contributed by atoms with van der Waals surface area (Å²) in [5.74, 6) is -0.398. The minimum atomic E-state index is -3.05. The van der Waals surface area contributed by atoms with Crippen molar-refractivity contribution in [3.05, 3.63) is 65.2 Å². The Morgan fingerprint density at radius 2 is 1.96 bits per heavy atom. The average Bonchev–Trinajstić information content (AvgIpc) is 2.96. The first kappa shape index (κ1) is 17.5. The molecule has 1 aliphatic heterocycles. The van der Waals surface area contributed by atoms with Crippen molar-refractivity contribution in [1.82, 2.24) is 9.88 Å². The van der Waals surface area contributed by atoms with Gasteiger partial charge in [0.2, 0.25) is 0 Å². The van der Waals surface area contributed by atoms with Crippen molar-refractivity contribution in [3.8, 4) is 0 Å². The summed E-state index contributed by atoms with van der Waals surface area (Å²) in [6.07, 6.45) is 4.15. The van der Waals surface area contributed by atoms with Gasteiger partial charge in [-0.3, -0.25) is 9.78 Å². The van der Waals surface area contributed by atoms with Gasteiger partial charge in [-0.2, -0.15) is 0 Å². The van der Waals surface area contributed by atoms with Crippen molar-refractivity contribution < 1.29 is 17.6 Å². The molecule has 25 heavy (non-hydrogen) atoms. The van der Waals surface area contributed by atoms with Gasteiger partial charge in [-0.15, -0.1) is 0 Å². The molecule has 1 aliphatic rings. The monoisotopic (exact) mass is 362 g/mol. The fourth-order valence-electron chi connectivity index (χ4n) is 2.99. The Kier molecular flexibility index (Phi) is 4.85. The number of hydrogen-bond donors (Lipinski definition) is 0. The van der Waals surface area contributed by atoms with E-state index in [4.69, 9.17) is 0 Å². The van der Waals surface area contributed by atoms with Crippen LogP contribution in [-0.2, 0) is 16.3 Å². The molecule has 1 fully saturated rings. The molecule has 2 aromatic rings. The molecule has 0 spiro atoms. The van der Waals surface area contributed by atoms with Crippen LogP contribution in [-0.4, -0.2) is 48.8 Å². The summed E-state index contributed by atoms with van der Waals surface area (Å²) in [7, 11) is -1.42. The number of hydrogen-bond acceptors (Lipinski definition) is 4. The first-order valence-electron chi connectivity index (χ1n) is 8.00. The van der Waals surface area contributed by atoms with Crippen molar-refractivity contribution in [2.75, 3.05) is 18.6 Å². The number of aromatic nitrogens is 1. The van der Waals surface area contributed by atoms with Gasteiger partial charge in [-0.1, -0.05) is 12.1 Å². The summed E-state index contributed by atoms with van der Waals surface area (Å²) in [5.41, 5.74) is 2.18. The van der Waals surface area contributed by atoms with Crippen LogP contribution in [0.4, 0.5) is 4.39 Å². The van der Waals surface area contributed by atoms with Gasteiger partial charge in [0.15, 0.2) is 9.84 Å². The van der Waals surface area contributed by atoms with Crippen molar-refractivity contribution in [2.24, 2.45) is 0 Å². The van der Waals surface area contributed by atoms with Crippen molar-refractivity contribution >= 4 is 15.7 Å². The topological polar surface area (TPSA) is 67.3 Å². The molecule has 1 amide bonds. The highest BCUT2D eigenvalue weighted by atomic mass is 32.2. The van der Waals surface area contributed by atoms with E-state index < -0.39 is 9.84 Å². The first-order valence-corrected chi connectivity index (χ1v) is 9.82. The van der Waals surface area contributed by atoms with Gasteiger partial charge in [-0.25, -0.2) is 12.8 Å². The number of carbonyl (C=O) groups excluding carboxylic acids is 1. The van der Waals surface area contributed by atoms with Crippen molar-refractivity contribution in [2.45, 2.75) is 18.9 Å². The van der Waals surface area contributed by atoms with Gasteiger partial charge in [-0.05, 0) is 42.2 Å². The minimum Gasteiger partial charge on any atom is -0.338 e. The standard InChI is InChI=1S/C18H19FN2O3S/c1-21(17-6-7-25(23,24)12-17)18(22)15-9-14(10-20-11-15)8-13-2-4-16(19)5-3-13/h2-5,9-11,17H,6-8,12H2,1H3/t17-/m1/s1. The molecule has 1 atom stereocenters. The maximum Gasteiger partial charge on any atom is 0.255 e. The molecule has 3 rings (SSSR count). The Balaban J connectivity index is 1.74. The van der Waals surface area contributed by atoms with Crippen LogP contribution in [0.1, 0.15) is 27.9 Å². The molecule has 0 radical (unpaired) electrons. The molecule has 0 unspecified atom stereocenters. The Hall–Kier alpha value is -2.28. The van der Waals surface area contributed by atoms with Crippen LogP contribution in [0.5, 0.6) is 0 Å². The molecule has 0 N–H and O–H groups in total. The molecule has 1 saturated heterocycles. The maximum atomic E-state index is 13.0. The number of benzene rings is 1. The van der Waals surface area contributed by atoms with E-state index in [0.29, 0.717) is 18.4 Å². The smallest absolute Gasteiger partial charge is 0.255 e. The van der Waals surface area contributed by atoms with Crippen LogP contribution in [0.2, 0.25) is 0 Å². The van der Waals surface area contributed by atoms with E-state index in [9.17, 15) is 17.6 Å². The number of amides is 1. The summed E-state index contributed by atoms with van der Waals surface area (Å²) < 4.78 is 36.2. The third-order valence-corrected chi connectivity index (χ3v) is 6.19. The van der Waals surface area contributed by atoms with Gasteiger partial charge >= 0.3 is 0 Å². The predicted molar refractivity (Wildman–Crippen MR) is 92.6 cm³/mol. The fraction of sp³-hybridized carbons (Fsp3) is 0.333. The highest BCUT2D eigenvalue weighted by Crippen LogP contribution is 2.19. The zero-order valence-electron chi connectivity index (χ0n) is 13.9. The molecule has 7 heteroatoms. The Morgan fingerprint density at radius 1 is 1.24 bits per heavy atom. The van der Waals surface area contributed by atoms with Crippen LogP contribution < -0.4 is 0 Å². The normalized spacial score (nSPS) is 18.9. The van der Waals surface area contributed by atoms with Crippen LogP contribution in [0.25, 0.3) is 0 Å². The van der Waals surface area contributed by atoms with E-state index >= 15 is 0 Å². The van der Waals surface area contributed by atoms with Crippen molar-refractivity contribution in [3.63, 3.8) is 0 Å². The average molecular weight is 362 g/mol. The third kappa shape index (κ3) is 4.22. The lowest BCUT2D eigenvalue weighted by Gasteiger charge is -2.23. The highest BCUT2D eigenvalue weighted by molar-refractivity contribution is 7.91. The van der Waals surface area contributed by atoms with E-state index in [1.807, 2.05) is 0 Å². The van der Waals surface area contributed by atoms with Crippen LogP contribution in [0.3, 0.4) is 0 Å². The molecule has 132 valence electrons. The Labute approximate surface area is 146 Å². The largest absolute Gasteiger partial charge is 0.338 e. The van der Waals surface area contributed by atoms with Gasteiger partial charge in [0.1, 0.15) is 5.82 Å². The molecule has 0 bridgehead atoms. The quantitative estimate of drug-likeness (QED) is 0.835. The molecule has 0 saturated carbocycles. The Morgan fingerprint density at radius 3 is 2.60 bits per heavy atom. The zero-order chi connectivity index (χ0) is 18.0. The summed E-state index contributed by atoms with van der Waals surface area (Å²) in [6.45, 7) is 0. The summed E-state index contributed by atoms with van der Waals surface area (Å²) in [6, 6.07) is 7.63. The summed E-state index contributed by atoms with van der Waals surface area (Å²) in [4.78, 5) is 18.2. The van der Waals surface area contributed by atoms with E-state index in [0.717, 1.165) is 11.1 Å². The first-order chi connectivity index (χ1) is 11.8. The second-order valence-electron chi connectivity index (χ2n) is 6.36. The predicted octanol–water partition coefficient (Wildman–Crippen LogP) is 2.07. The second kappa shape index (κ2) is 6.92. The molecule has 5 nitrogen and oxygen atoms in total. The fourth-order valence-corrected chi connectivity index (χ4v) is 4.76. The number of halogens is 1. The van der Waals surface area contributed by atoms with Crippen LogP contribution >= 0.6 is 0 Å². The summed E-state index contributed by atoms with van der Waals surface area (Å²) >= 11 is 0. The molecular formula is C18H19FN2O3S. The second-order valence-corrected chi connectivity index (χ2v) is 8.59.